The van der Waals surface area contributed by atoms with E-state index in [1.165, 1.54) is 0 Å². The standard InChI is InChI=1S/C24H34ClN5O3/c1-17-6-7-20(14-22(17)25)30-19(3)21(18(2)27-30)15-24(32)29-11-9-28(10-12-29)16-23(31)26-8-5-13-33-4/h6-7,14H,5,8-13,15-16H2,1-4H3,(H,26,31). The first-order chi connectivity index (χ1) is 15.8. The van der Waals surface area contributed by atoms with E-state index < -0.39 is 0 Å². The van der Waals surface area contributed by atoms with Crippen LogP contribution in [0, 0.1) is 20.8 Å². The smallest absolute Gasteiger partial charge is 0.234 e. The van der Waals surface area contributed by atoms with Crippen LogP contribution in [-0.4, -0.2) is 84.4 Å². The zero-order valence-electron chi connectivity index (χ0n) is 20.0. The maximum absolute atomic E-state index is 13.0. The van der Waals surface area contributed by atoms with E-state index in [0.29, 0.717) is 57.3 Å². The first kappa shape index (κ1) is 25.2. The molecule has 0 spiro atoms. The van der Waals surface area contributed by atoms with Crippen molar-refractivity contribution in [3.8, 4) is 5.69 Å². The van der Waals surface area contributed by atoms with Crippen molar-refractivity contribution in [2.45, 2.75) is 33.6 Å². The number of carbonyl (C=O) groups is 2. The number of carbonyl (C=O) groups excluding carboxylic acids is 2. The van der Waals surface area contributed by atoms with E-state index in [4.69, 9.17) is 16.3 Å². The van der Waals surface area contributed by atoms with Crippen LogP contribution in [-0.2, 0) is 20.7 Å². The Morgan fingerprint density at radius 2 is 1.88 bits per heavy atom. The molecule has 1 aromatic carbocycles. The number of hydrogen-bond donors (Lipinski definition) is 1. The van der Waals surface area contributed by atoms with Crippen LogP contribution in [0.3, 0.4) is 0 Å². The second kappa shape index (κ2) is 11.6. The molecule has 1 N–H and O–H groups in total. The van der Waals surface area contributed by atoms with E-state index in [2.05, 4.69) is 15.3 Å². The average molecular weight is 476 g/mol. The fourth-order valence-corrected chi connectivity index (χ4v) is 4.19. The van der Waals surface area contributed by atoms with Crippen LogP contribution in [0.15, 0.2) is 18.2 Å². The molecule has 8 nitrogen and oxygen atoms in total. The molecule has 33 heavy (non-hydrogen) atoms. The second-order valence-electron chi connectivity index (χ2n) is 8.52. The van der Waals surface area contributed by atoms with Gasteiger partial charge < -0.3 is 15.0 Å². The highest BCUT2D eigenvalue weighted by molar-refractivity contribution is 6.31. The Bertz CT molecular complexity index is 983. The van der Waals surface area contributed by atoms with Crippen molar-refractivity contribution in [3.05, 3.63) is 45.7 Å². The molecule has 1 saturated heterocycles. The summed E-state index contributed by atoms with van der Waals surface area (Å²) in [5, 5.41) is 8.26. The van der Waals surface area contributed by atoms with E-state index >= 15 is 0 Å². The number of benzene rings is 1. The van der Waals surface area contributed by atoms with Gasteiger partial charge >= 0.3 is 0 Å². The third kappa shape index (κ3) is 6.56. The van der Waals surface area contributed by atoms with Crippen molar-refractivity contribution < 1.29 is 14.3 Å². The zero-order chi connectivity index (χ0) is 24.0. The van der Waals surface area contributed by atoms with Gasteiger partial charge in [0.1, 0.15) is 0 Å². The van der Waals surface area contributed by atoms with E-state index in [9.17, 15) is 9.59 Å². The SMILES string of the molecule is COCCCNC(=O)CN1CCN(C(=O)Cc2c(C)nn(-c3ccc(C)c(Cl)c3)c2C)CC1. The Kier molecular flexibility index (Phi) is 8.88. The quantitative estimate of drug-likeness (QED) is 0.563. The first-order valence-electron chi connectivity index (χ1n) is 11.4. The predicted octanol–water partition coefficient (Wildman–Crippen LogP) is 2.29. The first-order valence-corrected chi connectivity index (χ1v) is 11.7. The number of aryl methyl sites for hydroxylation is 2. The molecule has 1 aliphatic rings. The molecule has 180 valence electrons. The molecule has 0 aliphatic carbocycles. The minimum atomic E-state index is 0.0146. The number of aromatic nitrogens is 2. The molecular weight excluding hydrogens is 442 g/mol. The van der Waals surface area contributed by atoms with Gasteiger partial charge in [-0.2, -0.15) is 5.10 Å². The summed E-state index contributed by atoms with van der Waals surface area (Å²) in [7, 11) is 1.65. The summed E-state index contributed by atoms with van der Waals surface area (Å²) in [4.78, 5) is 29.0. The lowest BCUT2D eigenvalue weighted by Gasteiger charge is -2.34. The number of halogens is 1. The van der Waals surface area contributed by atoms with Gasteiger partial charge in [0.2, 0.25) is 11.8 Å². The molecule has 0 saturated carbocycles. The number of ether oxygens (including phenoxy) is 1. The normalized spacial score (nSPS) is 14.5. The van der Waals surface area contributed by atoms with Gasteiger partial charge in [-0.05, 0) is 44.9 Å². The lowest BCUT2D eigenvalue weighted by molar-refractivity contribution is -0.132. The van der Waals surface area contributed by atoms with E-state index in [1.807, 2.05) is 48.6 Å². The maximum atomic E-state index is 13.0. The van der Waals surface area contributed by atoms with E-state index in [-0.39, 0.29) is 11.8 Å². The number of piperazine rings is 1. The molecular formula is C24H34ClN5O3. The molecule has 2 heterocycles. The van der Waals surface area contributed by atoms with Gasteiger partial charge in [0.25, 0.3) is 0 Å². The summed E-state index contributed by atoms with van der Waals surface area (Å²) in [6.07, 6.45) is 1.12. The maximum Gasteiger partial charge on any atom is 0.234 e. The second-order valence-corrected chi connectivity index (χ2v) is 8.93. The molecule has 2 aromatic rings. The van der Waals surface area contributed by atoms with Crippen LogP contribution < -0.4 is 5.32 Å². The Balaban J connectivity index is 1.53. The summed E-state index contributed by atoms with van der Waals surface area (Å²) in [5.74, 6) is 0.104. The van der Waals surface area contributed by atoms with Crippen LogP contribution in [0.5, 0.6) is 0 Å². The van der Waals surface area contributed by atoms with Gasteiger partial charge in [0.15, 0.2) is 0 Å². The van der Waals surface area contributed by atoms with Crippen LogP contribution in [0.4, 0.5) is 0 Å². The van der Waals surface area contributed by atoms with Gasteiger partial charge in [-0.3, -0.25) is 14.5 Å². The summed E-state index contributed by atoms with van der Waals surface area (Å²) >= 11 is 6.29. The summed E-state index contributed by atoms with van der Waals surface area (Å²) in [6.45, 7) is 10.1. The number of amides is 2. The summed E-state index contributed by atoms with van der Waals surface area (Å²) in [6, 6.07) is 5.85. The van der Waals surface area contributed by atoms with Crippen LogP contribution in [0.1, 0.15) is 28.9 Å². The van der Waals surface area contributed by atoms with Crippen LogP contribution in [0.25, 0.3) is 5.69 Å². The fourth-order valence-electron chi connectivity index (χ4n) is 4.02. The molecule has 2 amide bonds. The highest BCUT2D eigenvalue weighted by Crippen LogP contribution is 2.23. The Morgan fingerprint density at radius 1 is 1.15 bits per heavy atom. The number of hydrogen-bond acceptors (Lipinski definition) is 5. The highest BCUT2D eigenvalue weighted by atomic mass is 35.5. The van der Waals surface area contributed by atoms with Crippen molar-refractivity contribution in [2.75, 3.05) is 53.0 Å². The van der Waals surface area contributed by atoms with Gasteiger partial charge in [-0.25, -0.2) is 4.68 Å². The molecule has 0 radical (unpaired) electrons. The van der Waals surface area contributed by atoms with Crippen molar-refractivity contribution in [2.24, 2.45) is 0 Å². The van der Waals surface area contributed by atoms with Crippen LogP contribution in [0.2, 0.25) is 5.02 Å². The monoisotopic (exact) mass is 475 g/mol. The van der Waals surface area contributed by atoms with Crippen molar-refractivity contribution >= 4 is 23.4 Å². The Labute approximate surface area is 200 Å². The molecule has 0 unspecified atom stereocenters. The predicted molar refractivity (Wildman–Crippen MR) is 129 cm³/mol. The zero-order valence-corrected chi connectivity index (χ0v) is 20.7. The van der Waals surface area contributed by atoms with Gasteiger partial charge in [0.05, 0.1) is 24.3 Å². The number of methoxy groups -OCH3 is 1. The minimum Gasteiger partial charge on any atom is -0.385 e. The number of rotatable bonds is 9. The molecule has 0 atom stereocenters. The minimum absolute atomic E-state index is 0.0146. The third-order valence-electron chi connectivity index (χ3n) is 6.11. The van der Waals surface area contributed by atoms with Crippen molar-refractivity contribution in [1.29, 1.82) is 0 Å². The molecule has 3 rings (SSSR count). The largest absolute Gasteiger partial charge is 0.385 e. The lowest BCUT2D eigenvalue weighted by Crippen LogP contribution is -2.51. The molecule has 1 aromatic heterocycles. The molecule has 0 bridgehead atoms. The molecule has 1 fully saturated rings. The van der Waals surface area contributed by atoms with E-state index in [1.54, 1.807) is 7.11 Å². The van der Waals surface area contributed by atoms with Crippen molar-refractivity contribution in [3.63, 3.8) is 0 Å². The fraction of sp³-hybridized carbons (Fsp3) is 0.542. The average Bonchev–Trinajstić information content (AvgIpc) is 3.07. The molecule has 9 heteroatoms. The lowest BCUT2D eigenvalue weighted by atomic mass is 10.1. The van der Waals surface area contributed by atoms with Crippen LogP contribution >= 0.6 is 11.6 Å². The Morgan fingerprint density at radius 3 is 2.55 bits per heavy atom. The summed E-state index contributed by atoms with van der Waals surface area (Å²) < 4.78 is 6.84. The molecule has 1 aliphatic heterocycles. The Hall–Kier alpha value is -2.42. The van der Waals surface area contributed by atoms with E-state index in [0.717, 1.165) is 34.6 Å². The summed E-state index contributed by atoms with van der Waals surface area (Å²) in [5.41, 5.74) is 4.65. The van der Waals surface area contributed by atoms with Crippen molar-refractivity contribution in [1.82, 2.24) is 24.9 Å². The number of nitrogens with one attached hydrogen (secondary N) is 1. The van der Waals surface area contributed by atoms with Gasteiger partial charge in [-0.1, -0.05) is 17.7 Å². The van der Waals surface area contributed by atoms with Gasteiger partial charge in [-0.15, -0.1) is 0 Å². The third-order valence-corrected chi connectivity index (χ3v) is 6.52. The topological polar surface area (TPSA) is 79.7 Å². The highest BCUT2D eigenvalue weighted by Gasteiger charge is 2.24. The number of nitrogens with zero attached hydrogens (tertiary/aromatic N) is 4. The van der Waals surface area contributed by atoms with Gasteiger partial charge in [0, 0.05) is 62.7 Å².